The summed E-state index contributed by atoms with van der Waals surface area (Å²) in [7, 11) is 0. The predicted molar refractivity (Wildman–Crippen MR) is 79.9 cm³/mol. The van der Waals surface area contributed by atoms with Crippen LogP contribution in [0, 0.1) is 0 Å². The van der Waals surface area contributed by atoms with Crippen LogP contribution in [0.5, 0.6) is 0 Å². The van der Waals surface area contributed by atoms with Gasteiger partial charge in [0.1, 0.15) is 5.76 Å². The molecule has 110 valence electrons. The molecule has 1 unspecified atom stereocenters. The van der Waals surface area contributed by atoms with Crippen molar-refractivity contribution in [2.45, 2.75) is 44.8 Å². The number of hydrazine groups is 1. The van der Waals surface area contributed by atoms with Gasteiger partial charge >= 0.3 is 0 Å². The van der Waals surface area contributed by atoms with E-state index in [0.29, 0.717) is 13.0 Å². The molecule has 1 atom stereocenters. The lowest BCUT2D eigenvalue weighted by atomic mass is 10.0. The Morgan fingerprint density at radius 2 is 2.35 bits per heavy atom. The van der Waals surface area contributed by atoms with Gasteiger partial charge in [-0.2, -0.15) is 10.2 Å². The molecule has 5 heteroatoms. The van der Waals surface area contributed by atoms with E-state index in [4.69, 9.17) is 4.74 Å². The number of aliphatic hydroxyl groups is 1. The summed E-state index contributed by atoms with van der Waals surface area (Å²) in [4.78, 5) is 0. The van der Waals surface area contributed by atoms with E-state index in [9.17, 15) is 5.11 Å². The Labute approximate surface area is 120 Å². The summed E-state index contributed by atoms with van der Waals surface area (Å²) in [5.74, 6) is 0.205. The predicted octanol–water partition coefficient (Wildman–Crippen LogP) is 3.00. The van der Waals surface area contributed by atoms with Crippen molar-refractivity contribution in [2.75, 3.05) is 6.61 Å². The second kappa shape index (κ2) is 7.14. The Morgan fingerprint density at radius 3 is 3.05 bits per heavy atom. The molecule has 0 saturated heterocycles. The molecule has 0 bridgehead atoms. The fourth-order valence-electron chi connectivity index (χ4n) is 2.28. The summed E-state index contributed by atoms with van der Waals surface area (Å²) in [6.07, 6.45) is 15.8. The summed E-state index contributed by atoms with van der Waals surface area (Å²) in [6.45, 7) is 2.84. The number of nitrogens with zero attached hydrogens (tertiary/aromatic N) is 2. The number of ether oxygens (including phenoxy) is 1. The van der Waals surface area contributed by atoms with E-state index in [2.05, 4.69) is 17.5 Å². The number of aliphatic hydroxyl groups excluding tert-OH is 1. The van der Waals surface area contributed by atoms with E-state index in [-0.39, 0.29) is 5.76 Å². The highest BCUT2D eigenvalue weighted by Crippen LogP contribution is 2.29. The number of rotatable bonds is 7. The minimum absolute atomic E-state index is 0.205. The highest BCUT2D eigenvalue weighted by Gasteiger charge is 2.37. The van der Waals surface area contributed by atoms with Crippen LogP contribution < -0.4 is 5.43 Å². The van der Waals surface area contributed by atoms with Gasteiger partial charge in [0.15, 0.2) is 0 Å². The van der Waals surface area contributed by atoms with E-state index < -0.39 is 5.72 Å². The third kappa shape index (κ3) is 3.63. The van der Waals surface area contributed by atoms with Crippen LogP contribution in [0.15, 0.2) is 41.4 Å². The molecular formula is C15H23N3O2. The Morgan fingerprint density at radius 1 is 1.45 bits per heavy atom. The average Bonchev–Trinajstić information content (AvgIpc) is 2.48. The SMILES string of the molecule is CCCCCCOC1(N2N=CC=CN2)C=C(O)C=CC1. The molecule has 0 spiro atoms. The van der Waals surface area contributed by atoms with Crippen LogP contribution in [0.3, 0.4) is 0 Å². The largest absolute Gasteiger partial charge is 0.508 e. The molecule has 2 rings (SSSR count). The Bertz CT molecular complexity index is 429. The standard InChI is InChI=1S/C15H23N3O2/c1-2-3-4-5-12-20-15(9-6-8-14(19)13-15)18-16-10-7-11-17-18/h6-8,10-11,13,16,19H,2-5,9,12H2,1H3. The molecule has 0 amide bonds. The molecule has 20 heavy (non-hydrogen) atoms. The van der Waals surface area contributed by atoms with Gasteiger partial charge in [0.05, 0.1) is 6.21 Å². The maximum absolute atomic E-state index is 9.79. The number of nitrogens with one attached hydrogen (secondary N) is 1. The van der Waals surface area contributed by atoms with Gasteiger partial charge in [0, 0.05) is 25.3 Å². The first kappa shape index (κ1) is 14.7. The molecule has 0 saturated carbocycles. The monoisotopic (exact) mass is 277 g/mol. The molecule has 5 nitrogen and oxygen atoms in total. The maximum Gasteiger partial charge on any atom is 0.203 e. The average molecular weight is 277 g/mol. The first-order valence-corrected chi connectivity index (χ1v) is 7.25. The molecule has 1 heterocycles. The summed E-state index contributed by atoms with van der Waals surface area (Å²) < 4.78 is 6.06. The van der Waals surface area contributed by atoms with Crippen molar-refractivity contribution in [3.8, 4) is 0 Å². The number of allylic oxidation sites excluding steroid dienone is 2. The lowest BCUT2D eigenvalue weighted by Crippen LogP contribution is -2.53. The van der Waals surface area contributed by atoms with Crippen molar-refractivity contribution >= 4 is 6.21 Å². The Kier molecular flexibility index (Phi) is 5.24. The van der Waals surface area contributed by atoms with Gasteiger partial charge in [0.2, 0.25) is 5.72 Å². The van der Waals surface area contributed by atoms with Gasteiger partial charge in [-0.25, -0.2) is 0 Å². The van der Waals surface area contributed by atoms with Gasteiger partial charge in [-0.15, -0.1) is 0 Å². The summed E-state index contributed by atoms with van der Waals surface area (Å²) in [5, 5.41) is 15.7. The van der Waals surface area contributed by atoms with E-state index >= 15 is 0 Å². The molecule has 0 aromatic heterocycles. The molecular weight excluding hydrogens is 254 g/mol. The number of unbranched alkanes of at least 4 members (excludes halogenated alkanes) is 3. The van der Waals surface area contributed by atoms with Crippen LogP contribution in [0.1, 0.15) is 39.0 Å². The quantitative estimate of drug-likeness (QED) is 0.702. The smallest absolute Gasteiger partial charge is 0.203 e. The lowest BCUT2D eigenvalue weighted by molar-refractivity contribution is -0.140. The zero-order chi connectivity index (χ0) is 14.3. The van der Waals surface area contributed by atoms with E-state index in [1.165, 1.54) is 12.8 Å². The van der Waals surface area contributed by atoms with Crippen molar-refractivity contribution in [1.82, 2.24) is 10.5 Å². The van der Waals surface area contributed by atoms with Gasteiger partial charge in [-0.3, -0.25) is 5.43 Å². The first-order chi connectivity index (χ1) is 9.77. The second-order valence-electron chi connectivity index (χ2n) is 4.99. The van der Waals surface area contributed by atoms with Gasteiger partial charge < -0.3 is 9.84 Å². The highest BCUT2D eigenvalue weighted by atomic mass is 16.5. The van der Waals surface area contributed by atoms with Crippen LogP contribution in [0.4, 0.5) is 0 Å². The van der Waals surface area contributed by atoms with Gasteiger partial charge in [-0.1, -0.05) is 32.3 Å². The number of hydrogen-bond donors (Lipinski definition) is 2. The third-order valence-corrected chi connectivity index (χ3v) is 3.34. The Balaban J connectivity index is 1.99. The van der Waals surface area contributed by atoms with Crippen LogP contribution in [0.25, 0.3) is 0 Å². The first-order valence-electron chi connectivity index (χ1n) is 7.25. The fourth-order valence-corrected chi connectivity index (χ4v) is 2.28. The molecule has 2 aliphatic rings. The second-order valence-corrected chi connectivity index (χ2v) is 4.99. The minimum atomic E-state index is -0.758. The van der Waals surface area contributed by atoms with E-state index in [0.717, 1.165) is 12.8 Å². The highest BCUT2D eigenvalue weighted by molar-refractivity contribution is 5.71. The van der Waals surface area contributed by atoms with Crippen LogP contribution in [-0.2, 0) is 4.74 Å². The number of hydrazone groups is 1. The lowest BCUT2D eigenvalue weighted by Gasteiger charge is -2.40. The number of hydrogen-bond acceptors (Lipinski definition) is 5. The summed E-state index contributed by atoms with van der Waals surface area (Å²) in [5.41, 5.74) is 2.28. The van der Waals surface area contributed by atoms with Crippen molar-refractivity contribution in [1.29, 1.82) is 0 Å². The van der Waals surface area contributed by atoms with Crippen molar-refractivity contribution in [3.05, 3.63) is 36.3 Å². The normalized spacial score (nSPS) is 24.6. The fraction of sp³-hybridized carbons (Fsp3) is 0.533. The molecule has 2 N–H and O–H groups in total. The van der Waals surface area contributed by atoms with Crippen LogP contribution in [-0.4, -0.2) is 28.8 Å². The van der Waals surface area contributed by atoms with Crippen molar-refractivity contribution in [3.63, 3.8) is 0 Å². The minimum Gasteiger partial charge on any atom is -0.508 e. The summed E-state index contributed by atoms with van der Waals surface area (Å²) >= 11 is 0. The zero-order valence-corrected chi connectivity index (χ0v) is 12.0. The Hall–Kier alpha value is -1.75. The topological polar surface area (TPSA) is 57.1 Å². The van der Waals surface area contributed by atoms with Crippen LogP contribution in [0.2, 0.25) is 0 Å². The third-order valence-electron chi connectivity index (χ3n) is 3.34. The van der Waals surface area contributed by atoms with Gasteiger partial charge in [-0.05, 0) is 18.6 Å². The molecule has 0 fully saturated rings. The van der Waals surface area contributed by atoms with E-state index in [1.807, 2.05) is 12.2 Å². The molecule has 0 aromatic carbocycles. The molecule has 0 aromatic rings. The molecule has 1 aliphatic heterocycles. The van der Waals surface area contributed by atoms with Gasteiger partial charge in [0.25, 0.3) is 0 Å². The van der Waals surface area contributed by atoms with Crippen LogP contribution >= 0.6 is 0 Å². The maximum atomic E-state index is 9.79. The molecule has 1 aliphatic carbocycles. The van der Waals surface area contributed by atoms with E-state index in [1.54, 1.807) is 29.7 Å². The summed E-state index contributed by atoms with van der Waals surface area (Å²) in [6, 6.07) is 0. The molecule has 0 radical (unpaired) electrons. The van der Waals surface area contributed by atoms with Crippen molar-refractivity contribution < 1.29 is 9.84 Å². The zero-order valence-electron chi connectivity index (χ0n) is 12.0. The van der Waals surface area contributed by atoms with Crippen molar-refractivity contribution in [2.24, 2.45) is 5.10 Å².